The van der Waals surface area contributed by atoms with Crippen LogP contribution in [0.2, 0.25) is 0 Å². The average molecular weight is 500 g/mol. The Kier molecular flexibility index (Phi) is 8.38. The summed E-state index contributed by atoms with van der Waals surface area (Å²) in [4.78, 5) is 56.0. The largest absolute Gasteiger partial charge is 0.481 e. The lowest BCUT2D eigenvalue weighted by molar-refractivity contribution is -0.143. The molecule has 2 saturated carbocycles. The number of benzene rings is 1. The van der Waals surface area contributed by atoms with Gasteiger partial charge in [-0.2, -0.15) is 0 Å². The lowest BCUT2D eigenvalue weighted by atomic mass is 9.82. The van der Waals surface area contributed by atoms with Crippen molar-refractivity contribution in [3.63, 3.8) is 0 Å². The molecule has 0 saturated heterocycles. The van der Waals surface area contributed by atoms with Crippen LogP contribution in [-0.2, 0) is 14.4 Å². The Morgan fingerprint density at radius 2 is 1.69 bits per heavy atom. The van der Waals surface area contributed by atoms with Crippen LogP contribution >= 0.6 is 0 Å². The second-order valence-electron chi connectivity index (χ2n) is 10.0. The monoisotopic (exact) mass is 499 g/mol. The number of halogens is 1. The molecule has 0 bridgehead atoms. The second kappa shape index (κ2) is 11.7. The minimum absolute atomic E-state index is 0.00454. The highest BCUT2D eigenvalue weighted by atomic mass is 19.1. The number of aliphatic carboxylic acids is 1. The molecule has 3 N–H and O–H groups in total. The summed E-state index contributed by atoms with van der Waals surface area (Å²) in [6.45, 7) is -0.254. The smallest absolute Gasteiger partial charge is 0.305 e. The maximum Gasteiger partial charge on any atom is 0.305 e. The Labute approximate surface area is 209 Å². The van der Waals surface area contributed by atoms with E-state index in [9.17, 15) is 28.7 Å². The number of nitrogens with zero attached hydrogens (tertiary/aromatic N) is 1. The molecule has 0 aliphatic heterocycles. The fourth-order valence-electron chi connectivity index (χ4n) is 5.73. The minimum Gasteiger partial charge on any atom is -0.481 e. The van der Waals surface area contributed by atoms with Crippen LogP contribution in [0, 0.1) is 11.7 Å². The summed E-state index contributed by atoms with van der Waals surface area (Å²) in [5.74, 6) is -3.96. The van der Waals surface area contributed by atoms with E-state index in [1.54, 1.807) is 6.07 Å². The van der Waals surface area contributed by atoms with Crippen LogP contribution in [0.15, 0.2) is 24.4 Å². The summed E-state index contributed by atoms with van der Waals surface area (Å²) in [5, 5.41) is 12.7. The molecule has 4 rings (SSSR count). The van der Waals surface area contributed by atoms with Gasteiger partial charge in [-0.3, -0.25) is 19.2 Å². The van der Waals surface area contributed by atoms with E-state index in [-0.39, 0.29) is 47.3 Å². The summed E-state index contributed by atoms with van der Waals surface area (Å²) in [6, 6.07) is 3.34. The predicted molar refractivity (Wildman–Crippen MR) is 132 cm³/mol. The maximum absolute atomic E-state index is 14.2. The highest BCUT2D eigenvalue weighted by Crippen LogP contribution is 2.31. The van der Waals surface area contributed by atoms with Crippen molar-refractivity contribution in [2.45, 2.75) is 82.7 Å². The van der Waals surface area contributed by atoms with Gasteiger partial charge in [-0.15, -0.1) is 0 Å². The normalized spacial score (nSPS) is 18.0. The quantitative estimate of drug-likeness (QED) is 0.353. The number of aromatic nitrogens is 1. The highest BCUT2D eigenvalue weighted by molar-refractivity contribution is 6.45. The van der Waals surface area contributed by atoms with Crippen LogP contribution in [0.5, 0.6) is 0 Å². The molecule has 194 valence electrons. The van der Waals surface area contributed by atoms with Crippen LogP contribution in [0.25, 0.3) is 10.9 Å². The van der Waals surface area contributed by atoms with E-state index in [4.69, 9.17) is 0 Å². The Morgan fingerprint density at radius 3 is 2.36 bits per heavy atom. The third kappa shape index (κ3) is 5.77. The van der Waals surface area contributed by atoms with Crippen LogP contribution in [-0.4, -0.2) is 57.2 Å². The van der Waals surface area contributed by atoms with Gasteiger partial charge in [-0.05, 0) is 37.7 Å². The molecule has 1 atom stereocenters. The second-order valence-corrected chi connectivity index (χ2v) is 10.0. The van der Waals surface area contributed by atoms with Gasteiger partial charge >= 0.3 is 5.97 Å². The first-order chi connectivity index (χ1) is 17.4. The number of ketones is 1. The number of para-hydroxylation sites is 1. The zero-order valence-electron chi connectivity index (χ0n) is 20.4. The summed E-state index contributed by atoms with van der Waals surface area (Å²) >= 11 is 0. The molecule has 36 heavy (non-hydrogen) atoms. The first-order valence-corrected chi connectivity index (χ1v) is 13.0. The van der Waals surface area contributed by atoms with Gasteiger partial charge in [0, 0.05) is 24.2 Å². The third-order valence-electron chi connectivity index (χ3n) is 7.58. The van der Waals surface area contributed by atoms with Gasteiger partial charge in [0.25, 0.3) is 11.7 Å². The highest BCUT2D eigenvalue weighted by Gasteiger charge is 2.40. The van der Waals surface area contributed by atoms with Gasteiger partial charge in [0.05, 0.1) is 17.5 Å². The number of carboxylic acid groups (broad SMARTS) is 1. The Morgan fingerprint density at radius 1 is 1.03 bits per heavy atom. The Balaban J connectivity index is 1.66. The van der Waals surface area contributed by atoms with E-state index in [0.29, 0.717) is 0 Å². The lowest BCUT2D eigenvalue weighted by Crippen LogP contribution is -2.57. The molecule has 8 nitrogen and oxygen atoms in total. The van der Waals surface area contributed by atoms with Gasteiger partial charge in [-0.1, -0.05) is 50.7 Å². The van der Waals surface area contributed by atoms with Gasteiger partial charge in [0.15, 0.2) is 0 Å². The zero-order chi connectivity index (χ0) is 25.7. The van der Waals surface area contributed by atoms with Crippen LogP contribution in [0.1, 0.15) is 81.0 Å². The minimum atomic E-state index is -1.12. The lowest BCUT2D eigenvalue weighted by Gasteiger charge is -2.38. The van der Waals surface area contributed by atoms with Crippen LogP contribution in [0.4, 0.5) is 4.39 Å². The topological polar surface area (TPSA) is 120 Å². The van der Waals surface area contributed by atoms with Crippen LogP contribution in [0.3, 0.4) is 0 Å². The van der Waals surface area contributed by atoms with Crippen LogP contribution < -0.4 is 5.32 Å². The fraction of sp³-hybridized carbons (Fsp3) is 0.556. The summed E-state index contributed by atoms with van der Waals surface area (Å²) in [5.41, 5.74) is 0.120. The van der Waals surface area contributed by atoms with Gasteiger partial charge in [0.1, 0.15) is 11.9 Å². The third-order valence-corrected chi connectivity index (χ3v) is 7.58. The number of carbonyl (C=O) groups is 4. The number of fused-ring (bicyclic) bond motifs is 1. The molecular weight excluding hydrogens is 465 g/mol. The number of nitrogens with one attached hydrogen (secondary N) is 2. The first-order valence-electron chi connectivity index (χ1n) is 13.0. The molecule has 0 radical (unpaired) electrons. The molecule has 2 aliphatic rings. The number of carboxylic acids is 1. The molecule has 2 aliphatic carbocycles. The van der Waals surface area contributed by atoms with E-state index in [2.05, 4.69) is 10.3 Å². The molecule has 1 unspecified atom stereocenters. The SMILES string of the molecule is O=C(O)CCN(C(=O)C(=O)c1c[nH]c2c(F)cccc12)C(C(=O)NC1CCCCC1)C1CCCCC1. The van der Waals surface area contributed by atoms with Crippen molar-refractivity contribution in [3.8, 4) is 0 Å². The van der Waals surface area contributed by atoms with Crippen molar-refractivity contribution in [2.24, 2.45) is 5.92 Å². The molecule has 2 fully saturated rings. The number of amides is 2. The first kappa shape index (κ1) is 25.9. The van der Waals surface area contributed by atoms with E-state index >= 15 is 0 Å². The number of aromatic amines is 1. The molecule has 1 aromatic heterocycles. The van der Waals surface area contributed by atoms with Crippen molar-refractivity contribution in [3.05, 3.63) is 35.8 Å². The summed E-state index contributed by atoms with van der Waals surface area (Å²) in [6.07, 6.45) is 10.1. The number of hydrogen-bond donors (Lipinski definition) is 3. The number of Topliss-reactive ketones (excluding diaryl/α,β-unsaturated/α-hetero) is 1. The van der Waals surface area contributed by atoms with Gasteiger partial charge in [-0.25, -0.2) is 4.39 Å². The van der Waals surface area contributed by atoms with Crippen molar-refractivity contribution in [2.75, 3.05) is 6.54 Å². The Bertz CT molecular complexity index is 1120. The molecule has 9 heteroatoms. The number of H-pyrrole nitrogens is 1. The van der Waals surface area contributed by atoms with E-state index in [0.717, 1.165) is 64.2 Å². The van der Waals surface area contributed by atoms with E-state index in [1.807, 2.05) is 0 Å². The van der Waals surface area contributed by atoms with Gasteiger partial charge < -0.3 is 20.3 Å². The molecule has 1 heterocycles. The predicted octanol–water partition coefficient (Wildman–Crippen LogP) is 4.19. The zero-order valence-corrected chi connectivity index (χ0v) is 20.4. The molecule has 2 amide bonds. The maximum atomic E-state index is 14.2. The summed E-state index contributed by atoms with van der Waals surface area (Å²) < 4.78 is 14.2. The fourth-order valence-corrected chi connectivity index (χ4v) is 5.73. The van der Waals surface area contributed by atoms with E-state index in [1.165, 1.54) is 23.2 Å². The summed E-state index contributed by atoms with van der Waals surface area (Å²) in [7, 11) is 0. The molecular formula is C27H34FN3O5. The number of carbonyl (C=O) groups excluding carboxylic acids is 3. The average Bonchev–Trinajstić information content (AvgIpc) is 3.32. The molecule has 1 aromatic carbocycles. The van der Waals surface area contributed by atoms with Crippen molar-refractivity contribution < 1.29 is 28.7 Å². The molecule has 2 aromatic rings. The van der Waals surface area contributed by atoms with Crippen molar-refractivity contribution >= 4 is 34.5 Å². The standard InChI is InChI=1S/C27H34FN3O5/c28-21-13-7-12-19-20(16-29-23(19)21)25(34)27(36)31(15-14-22(32)33)24(17-8-3-1-4-9-17)26(35)30-18-10-5-2-6-11-18/h7,12-13,16-18,24,29H,1-6,8-11,14-15H2,(H,30,35)(H,32,33). The number of hydrogen-bond acceptors (Lipinski definition) is 4. The van der Waals surface area contributed by atoms with Gasteiger partial charge in [0.2, 0.25) is 5.91 Å². The number of rotatable bonds is 9. The van der Waals surface area contributed by atoms with Crippen molar-refractivity contribution in [1.29, 1.82) is 0 Å². The van der Waals surface area contributed by atoms with E-state index < -0.39 is 29.5 Å². The van der Waals surface area contributed by atoms with Crippen molar-refractivity contribution in [1.82, 2.24) is 15.2 Å². The Hall–Kier alpha value is -3.23. The molecule has 0 spiro atoms.